The van der Waals surface area contributed by atoms with E-state index in [-0.39, 0.29) is 23.8 Å². The Morgan fingerprint density at radius 1 is 0.927 bits per heavy atom. The maximum atomic E-state index is 13.8. The molecule has 7 heteroatoms. The summed E-state index contributed by atoms with van der Waals surface area (Å²) in [4.78, 5) is 28.1. The molecule has 41 heavy (non-hydrogen) atoms. The smallest absolute Gasteiger partial charge is 0.271 e. The Kier molecular flexibility index (Phi) is 7.66. The van der Waals surface area contributed by atoms with Gasteiger partial charge in [-0.05, 0) is 81.3 Å². The van der Waals surface area contributed by atoms with Crippen molar-refractivity contribution in [3.05, 3.63) is 118 Å². The van der Waals surface area contributed by atoms with Gasteiger partial charge in [0, 0.05) is 22.9 Å². The van der Waals surface area contributed by atoms with Crippen LogP contribution in [0.4, 0.5) is 0 Å². The third-order valence-electron chi connectivity index (χ3n) is 6.85. The Labute approximate surface area is 239 Å². The van der Waals surface area contributed by atoms with Crippen LogP contribution in [0.2, 0.25) is 0 Å². The molecule has 1 aliphatic rings. The zero-order chi connectivity index (χ0) is 29.1. The van der Waals surface area contributed by atoms with Crippen LogP contribution in [0.3, 0.4) is 0 Å². The van der Waals surface area contributed by atoms with Crippen LogP contribution in [0.15, 0.2) is 102 Å². The second kappa shape index (κ2) is 11.5. The lowest BCUT2D eigenvalue weighted by Crippen LogP contribution is -2.42. The summed E-state index contributed by atoms with van der Waals surface area (Å²) in [5.41, 5.74) is 5.48. The first-order valence-electron chi connectivity index (χ1n) is 13.4. The Balaban J connectivity index is 1.61. The molecular weight excluding hydrogens is 512 g/mol. The summed E-state index contributed by atoms with van der Waals surface area (Å²) in [6, 6.07) is 27.0. The van der Waals surface area contributed by atoms with Gasteiger partial charge in [-0.25, -0.2) is 4.68 Å². The second-order valence-corrected chi connectivity index (χ2v) is 10.3. The molecule has 0 fully saturated rings. The zero-order valence-electron chi connectivity index (χ0n) is 23.5. The monoisotopic (exact) mass is 542 g/mol. The lowest BCUT2D eigenvalue weighted by molar-refractivity contribution is -0.141. The summed E-state index contributed by atoms with van der Waals surface area (Å²) in [6.45, 7) is 7.63. The highest BCUT2D eigenvalue weighted by Gasteiger charge is 2.35. The molecule has 2 heterocycles. The predicted octanol–water partition coefficient (Wildman–Crippen LogP) is 6.43. The number of imide groups is 1. The quantitative estimate of drug-likeness (QED) is 0.198. The van der Waals surface area contributed by atoms with Crippen molar-refractivity contribution in [2.75, 3.05) is 0 Å². The van der Waals surface area contributed by atoms with E-state index < -0.39 is 11.8 Å². The van der Waals surface area contributed by atoms with E-state index in [1.54, 1.807) is 17.7 Å². The minimum atomic E-state index is -0.589. The number of aromatic nitrogens is 2. The third kappa shape index (κ3) is 5.73. The lowest BCUT2D eigenvalue weighted by atomic mass is 9.93. The van der Waals surface area contributed by atoms with Crippen molar-refractivity contribution in [2.24, 2.45) is 0 Å². The van der Waals surface area contributed by atoms with Crippen molar-refractivity contribution in [2.45, 2.75) is 40.3 Å². The van der Waals surface area contributed by atoms with Gasteiger partial charge in [-0.1, -0.05) is 48.0 Å². The zero-order valence-corrected chi connectivity index (χ0v) is 23.5. The number of para-hydroxylation sites is 1. The van der Waals surface area contributed by atoms with Crippen LogP contribution < -0.4 is 4.74 Å². The van der Waals surface area contributed by atoms with Gasteiger partial charge >= 0.3 is 0 Å². The Hall–Kier alpha value is -5.22. The maximum Gasteiger partial charge on any atom is 0.271 e. The molecule has 1 aliphatic heterocycles. The number of aryl methyl sites for hydroxylation is 1. The molecule has 4 aromatic rings. The standard InChI is InChI=1S/C34H30N4O3/c1-22(2)41-29-16-14-26(15-17-29)32-27(21-38(36-32)28-8-6-5-7-9-28)18-30-24(4)31(19-35)34(40)37(33(30)39)20-25-12-10-23(3)11-13-25/h5-18,21-22H,20H2,1-4H3/b30-18+. The van der Waals surface area contributed by atoms with E-state index in [1.807, 2.05) is 112 Å². The fraction of sp³-hybridized carbons (Fsp3) is 0.176. The van der Waals surface area contributed by atoms with Crippen LogP contribution in [0, 0.1) is 18.3 Å². The lowest BCUT2D eigenvalue weighted by Gasteiger charge is -2.27. The number of carbonyl (C=O) groups excluding carboxylic acids is 2. The number of rotatable bonds is 7. The highest BCUT2D eigenvalue weighted by Crippen LogP contribution is 2.32. The molecule has 0 atom stereocenters. The summed E-state index contributed by atoms with van der Waals surface area (Å²) < 4.78 is 7.56. The third-order valence-corrected chi connectivity index (χ3v) is 6.85. The Bertz CT molecular complexity index is 1700. The molecule has 2 amide bonds. The Morgan fingerprint density at radius 3 is 2.24 bits per heavy atom. The van der Waals surface area contributed by atoms with Crippen LogP contribution >= 0.6 is 0 Å². The number of nitrogens with zero attached hydrogens (tertiary/aromatic N) is 4. The number of ether oxygens (including phenoxy) is 1. The first-order chi connectivity index (χ1) is 19.7. The minimum absolute atomic E-state index is 0.0462. The molecule has 0 unspecified atom stereocenters. The van der Waals surface area contributed by atoms with Gasteiger partial charge in [0.25, 0.3) is 11.8 Å². The van der Waals surface area contributed by atoms with Gasteiger partial charge in [0.2, 0.25) is 0 Å². The molecule has 7 nitrogen and oxygen atoms in total. The number of nitriles is 1. The molecular formula is C34H30N4O3. The first kappa shape index (κ1) is 27.4. The van der Waals surface area contributed by atoms with Crippen molar-refractivity contribution < 1.29 is 14.3 Å². The van der Waals surface area contributed by atoms with Gasteiger partial charge in [-0.2, -0.15) is 10.4 Å². The van der Waals surface area contributed by atoms with Gasteiger partial charge < -0.3 is 4.74 Å². The van der Waals surface area contributed by atoms with E-state index in [4.69, 9.17) is 9.84 Å². The van der Waals surface area contributed by atoms with Crippen molar-refractivity contribution in [3.63, 3.8) is 0 Å². The molecule has 1 aromatic heterocycles. The average Bonchev–Trinajstić information content (AvgIpc) is 3.39. The van der Waals surface area contributed by atoms with Crippen molar-refractivity contribution in [1.29, 1.82) is 5.26 Å². The van der Waals surface area contributed by atoms with Gasteiger partial charge in [-0.15, -0.1) is 0 Å². The molecule has 5 rings (SSSR count). The summed E-state index contributed by atoms with van der Waals surface area (Å²) >= 11 is 0. The number of hydrogen-bond acceptors (Lipinski definition) is 5. The van der Waals surface area contributed by atoms with Gasteiger partial charge in [0.15, 0.2) is 0 Å². The maximum absolute atomic E-state index is 13.8. The van der Waals surface area contributed by atoms with Crippen molar-refractivity contribution in [1.82, 2.24) is 14.7 Å². The van der Waals surface area contributed by atoms with Crippen LogP contribution in [0.1, 0.15) is 37.5 Å². The Morgan fingerprint density at radius 2 is 1.61 bits per heavy atom. The molecule has 204 valence electrons. The minimum Gasteiger partial charge on any atom is -0.491 e. The summed E-state index contributed by atoms with van der Waals surface area (Å²) in [6.07, 6.45) is 3.62. The van der Waals surface area contributed by atoms with Gasteiger partial charge in [0.05, 0.1) is 24.0 Å². The molecule has 0 aliphatic carbocycles. The number of hydrogen-bond donors (Lipinski definition) is 0. The predicted molar refractivity (Wildman–Crippen MR) is 158 cm³/mol. The largest absolute Gasteiger partial charge is 0.491 e. The molecule has 0 radical (unpaired) electrons. The average molecular weight is 543 g/mol. The number of carbonyl (C=O) groups is 2. The molecule has 0 bridgehead atoms. The SMILES string of the molecule is CC1=C(C#N)C(=O)N(Cc2ccc(C)cc2)C(=O)/C1=C/c1cn(-c2ccccc2)nc1-c1ccc(OC(C)C)cc1. The van der Waals surface area contributed by atoms with Crippen molar-refractivity contribution in [3.8, 4) is 28.8 Å². The van der Waals surface area contributed by atoms with E-state index in [2.05, 4.69) is 0 Å². The topological polar surface area (TPSA) is 88.2 Å². The normalized spacial score (nSPS) is 14.6. The summed E-state index contributed by atoms with van der Waals surface area (Å²) in [5.74, 6) is -0.295. The molecule has 0 saturated heterocycles. The second-order valence-electron chi connectivity index (χ2n) is 10.3. The number of amides is 2. The van der Waals surface area contributed by atoms with Gasteiger partial charge in [0.1, 0.15) is 17.4 Å². The summed E-state index contributed by atoms with van der Waals surface area (Å²) in [5, 5.41) is 14.7. The van der Waals surface area contributed by atoms with E-state index in [9.17, 15) is 14.9 Å². The van der Waals surface area contributed by atoms with E-state index >= 15 is 0 Å². The fourth-order valence-electron chi connectivity index (χ4n) is 4.70. The fourth-order valence-corrected chi connectivity index (χ4v) is 4.70. The molecule has 0 spiro atoms. The van der Waals surface area contributed by atoms with Crippen LogP contribution in [0.25, 0.3) is 23.0 Å². The van der Waals surface area contributed by atoms with E-state index in [1.165, 1.54) is 0 Å². The molecule has 3 aromatic carbocycles. The van der Waals surface area contributed by atoms with Crippen LogP contribution in [-0.4, -0.2) is 32.6 Å². The highest BCUT2D eigenvalue weighted by atomic mass is 16.5. The number of benzene rings is 3. The molecule has 0 N–H and O–H groups in total. The van der Waals surface area contributed by atoms with E-state index in [0.29, 0.717) is 16.8 Å². The van der Waals surface area contributed by atoms with Crippen LogP contribution in [0.5, 0.6) is 5.75 Å². The van der Waals surface area contributed by atoms with E-state index in [0.717, 1.165) is 33.0 Å². The summed E-state index contributed by atoms with van der Waals surface area (Å²) in [7, 11) is 0. The highest BCUT2D eigenvalue weighted by molar-refractivity contribution is 6.19. The van der Waals surface area contributed by atoms with Crippen LogP contribution in [-0.2, 0) is 16.1 Å². The van der Waals surface area contributed by atoms with Gasteiger partial charge in [-0.3, -0.25) is 14.5 Å². The molecule has 0 saturated carbocycles. The first-order valence-corrected chi connectivity index (χ1v) is 13.4. The van der Waals surface area contributed by atoms with Crippen molar-refractivity contribution >= 4 is 17.9 Å².